The van der Waals surface area contributed by atoms with Crippen molar-refractivity contribution in [2.24, 2.45) is 0 Å². The third kappa shape index (κ3) is 2.97. The molecular weight excluding hydrogens is 344 g/mol. The van der Waals surface area contributed by atoms with Gasteiger partial charge in [0.25, 0.3) is 0 Å². The predicted molar refractivity (Wildman–Crippen MR) is 86.8 cm³/mol. The summed E-state index contributed by atoms with van der Waals surface area (Å²) in [5, 5.41) is 13.4. The second-order valence-corrected chi connectivity index (χ2v) is 5.77. The molecule has 3 rings (SSSR count). The first-order valence-corrected chi connectivity index (χ1v) is 7.55. The molecule has 0 saturated carbocycles. The van der Waals surface area contributed by atoms with E-state index in [1.54, 1.807) is 12.1 Å². The molecule has 0 amide bonds. The highest BCUT2D eigenvalue weighted by Crippen LogP contribution is 2.25. The largest absolute Gasteiger partial charge is 0.545 e. The molecule has 0 aromatic heterocycles. The highest BCUT2D eigenvalue weighted by atomic mass is 79.9. The van der Waals surface area contributed by atoms with E-state index in [1.807, 2.05) is 42.5 Å². The minimum Gasteiger partial charge on any atom is -0.545 e. The average molecular weight is 356 g/mol. The Morgan fingerprint density at radius 2 is 1.82 bits per heavy atom. The van der Waals surface area contributed by atoms with Gasteiger partial charge in [0.05, 0.1) is 5.97 Å². The standard InChI is InChI=1S/C18H13BrO3/c19-14-8-9-17(16(10-14)18(20)21)22-11-13-6-3-5-12-4-1-2-7-15(12)13/h1-10H,11H2,(H,20,21)/p-1. The number of ether oxygens (including phenoxy) is 1. The van der Waals surface area contributed by atoms with E-state index >= 15 is 0 Å². The maximum Gasteiger partial charge on any atom is 0.128 e. The molecule has 0 saturated heterocycles. The quantitative estimate of drug-likeness (QED) is 0.719. The van der Waals surface area contributed by atoms with Gasteiger partial charge in [0.1, 0.15) is 12.4 Å². The van der Waals surface area contributed by atoms with Crippen LogP contribution in [0.5, 0.6) is 5.75 Å². The number of carboxylic acids is 1. The number of halogens is 1. The van der Waals surface area contributed by atoms with Gasteiger partial charge >= 0.3 is 0 Å². The van der Waals surface area contributed by atoms with E-state index in [0.29, 0.717) is 16.8 Å². The van der Waals surface area contributed by atoms with Crippen LogP contribution in [0.1, 0.15) is 15.9 Å². The van der Waals surface area contributed by atoms with Crippen molar-refractivity contribution in [3.8, 4) is 5.75 Å². The maximum absolute atomic E-state index is 11.2. The lowest BCUT2D eigenvalue weighted by Crippen LogP contribution is -2.23. The lowest BCUT2D eigenvalue weighted by Gasteiger charge is -2.13. The third-order valence-corrected chi connectivity index (χ3v) is 3.92. The van der Waals surface area contributed by atoms with Crippen molar-refractivity contribution < 1.29 is 14.6 Å². The van der Waals surface area contributed by atoms with E-state index in [-0.39, 0.29) is 5.56 Å². The van der Waals surface area contributed by atoms with Crippen molar-refractivity contribution >= 4 is 32.7 Å². The van der Waals surface area contributed by atoms with Gasteiger partial charge in [-0.3, -0.25) is 0 Å². The van der Waals surface area contributed by atoms with E-state index < -0.39 is 5.97 Å². The molecule has 0 fully saturated rings. The summed E-state index contributed by atoms with van der Waals surface area (Å²) < 4.78 is 6.38. The molecule has 0 bridgehead atoms. The number of rotatable bonds is 4. The molecule has 3 nitrogen and oxygen atoms in total. The zero-order chi connectivity index (χ0) is 15.5. The first kappa shape index (κ1) is 14.6. The monoisotopic (exact) mass is 355 g/mol. The van der Waals surface area contributed by atoms with Crippen molar-refractivity contribution in [2.75, 3.05) is 0 Å². The highest BCUT2D eigenvalue weighted by molar-refractivity contribution is 9.10. The number of aromatic carboxylic acids is 1. The number of carbonyl (C=O) groups excluding carboxylic acids is 1. The lowest BCUT2D eigenvalue weighted by molar-refractivity contribution is -0.255. The number of carboxylic acid groups (broad SMARTS) is 1. The van der Waals surface area contributed by atoms with Crippen LogP contribution in [0.2, 0.25) is 0 Å². The van der Waals surface area contributed by atoms with Crippen molar-refractivity contribution in [1.29, 1.82) is 0 Å². The van der Waals surface area contributed by atoms with Gasteiger partial charge in [0.2, 0.25) is 0 Å². The van der Waals surface area contributed by atoms with Gasteiger partial charge in [0, 0.05) is 10.0 Å². The van der Waals surface area contributed by atoms with Crippen LogP contribution in [0.4, 0.5) is 0 Å². The molecule has 0 atom stereocenters. The van der Waals surface area contributed by atoms with Crippen LogP contribution in [0.25, 0.3) is 10.8 Å². The van der Waals surface area contributed by atoms with Gasteiger partial charge in [-0.05, 0) is 34.5 Å². The fourth-order valence-corrected chi connectivity index (χ4v) is 2.72. The number of carbonyl (C=O) groups is 1. The summed E-state index contributed by atoms with van der Waals surface area (Å²) in [6.07, 6.45) is 0. The summed E-state index contributed by atoms with van der Waals surface area (Å²) in [6.45, 7) is 0.295. The maximum atomic E-state index is 11.2. The van der Waals surface area contributed by atoms with Crippen LogP contribution in [0, 0.1) is 0 Å². The molecule has 0 aliphatic carbocycles. The molecule has 22 heavy (non-hydrogen) atoms. The molecule has 0 N–H and O–H groups in total. The summed E-state index contributed by atoms with van der Waals surface area (Å²) in [7, 11) is 0. The molecule has 0 unspecified atom stereocenters. The van der Waals surface area contributed by atoms with Gasteiger partial charge < -0.3 is 14.6 Å². The summed E-state index contributed by atoms with van der Waals surface area (Å²) in [5.41, 5.74) is 1.04. The van der Waals surface area contributed by atoms with Gasteiger partial charge in [-0.25, -0.2) is 0 Å². The van der Waals surface area contributed by atoms with Crippen molar-refractivity contribution in [2.45, 2.75) is 6.61 Å². The Kier molecular flexibility index (Phi) is 4.11. The molecule has 4 heteroatoms. The van der Waals surface area contributed by atoms with Crippen LogP contribution in [0.15, 0.2) is 65.1 Å². The number of hydrogen-bond donors (Lipinski definition) is 0. The summed E-state index contributed by atoms with van der Waals surface area (Å²) in [4.78, 5) is 11.2. The average Bonchev–Trinajstić information content (AvgIpc) is 2.53. The molecule has 110 valence electrons. The van der Waals surface area contributed by atoms with Crippen molar-refractivity contribution in [1.82, 2.24) is 0 Å². The number of fused-ring (bicyclic) bond motifs is 1. The van der Waals surface area contributed by atoms with E-state index in [2.05, 4.69) is 15.9 Å². The van der Waals surface area contributed by atoms with Crippen LogP contribution in [0.3, 0.4) is 0 Å². The zero-order valence-corrected chi connectivity index (χ0v) is 13.2. The molecule has 0 aliphatic heterocycles. The summed E-state index contributed by atoms with van der Waals surface area (Å²) >= 11 is 3.25. The molecule has 3 aromatic carbocycles. The fourth-order valence-electron chi connectivity index (χ4n) is 2.36. The molecule has 0 radical (unpaired) electrons. The second-order valence-electron chi connectivity index (χ2n) is 4.85. The summed E-state index contributed by atoms with van der Waals surface area (Å²) in [6, 6.07) is 18.8. The van der Waals surface area contributed by atoms with Crippen LogP contribution in [-0.4, -0.2) is 5.97 Å². The topological polar surface area (TPSA) is 49.4 Å². The molecule has 3 aromatic rings. The Morgan fingerprint density at radius 3 is 2.64 bits per heavy atom. The highest BCUT2D eigenvalue weighted by Gasteiger charge is 2.07. The SMILES string of the molecule is O=C([O-])c1cc(Br)ccc1OCc1cccc2ccccc12. The van der Waals surface area contributed by atoms with Crippen LogP contribution >= 0.6 is 15.9 Å². The van der Waals surface area contributed by atoms with E-state index in [1.165, 1.54) is 6.07 Å². The first-order valence-electron chi connectivity index (χ1n) is 6.75. The normalized spacial score (nSPS) is 10.6. The zero-order valence-electron chi connectivity index (χ0n) is 11.6. The smallest absolute Gasteiger partial charge is 0.128 e. The van der Waals surface area contributed by atoms with Gasteiger partial charge in [0.15, 0.2) is 0 Å². The Labute approximate surface area is 136 Å². The Bertz CT molecular complexity index is 837. The second kappa shape index (κ2) is 6.20. The van der Waals surface area contributed by atoms with Crippen LogP contribution in [-0.2, 0) is 6.61 Å². The molecule has 0 heterocycles. The minimum atomic E-state index is -1.26. The lowest BCUT2D eigenvalue weighted by atomic mass is 10.1. The van der Waals surface area contributed by atoms with Gasteiger partial charge in [-0.1, -0.05) is 58.4 Å². The van der Waals surface area contributed by atoms with Gasteiger partial charge in [-0.2, -0.15) is 0 Å². The molecular formula is C18H12BrO3-. The van der Waals surface area contributed by atoms with E-state index in [9.17, 15) is 9.90 Å². The van der Waals surface area contributed by atoms with Crippen molar-refractivity contribution in [3.05, 3.63) is 76.3 Å². The third-order valence-electron chi connectivity index (χ3n) is 3.42. The van der Waals surface area contributed by atoms with Crippen LogP contribution < -0.4 is 9.84 Å². The Balaban J connectivity index is 1.90. The first-order chi connectivity index (χ1) is 10.6. The Morgan fingerprint density at radius 1 is 1.05 bits per heavy atom. The molecule has 0 aliphatic rings. The predicted octanol–water partition coefficient (Wildman–Crippen LogP) is 3.54. The molecule has 0 spiro atoms. The number of hydrogen-bond acceptors (Lipinski definition) is 3. The van der Waals surface area contributed by atoms with E-state index in [4.69, 9.17) is 4.74 Å². The Hall–Kier alpha value is -2.33. The van der Waals surface area contributed by atoms with Gasteiger partial charge in [-0.15, -0.1) is 0 Å². The van der Waals surface area contributed by atoms with Crippen molar-refractivity contribution in [3.63, 3.8) is 0 Å². The van der Waals surface area contributed by atoms with E-state index in [0.717, 1.165) is 16.3 Å². The summed E-state index contributed by atoms with van der Waals surface area (Å²) in [5.74, 6) is -0.953. The number of benzene rings is 3. The fraction of sp³-hybridized carbons (Fsp3) is 0.0556. The minimum absolute atomic E-state index is 0.0367.